The van der Waals surface area contributed by atoms with Crippen molar-refractivity contribution in [2.45, 2.75) is 12.3 Å². The van der Waals surface area contributed by atoms with Crippen molar-refractivity contribution in [1.29, 1.82) is 0 Å². The molecular weight excluding hydrogens is 480 g/mol. The van der Waals surface area contributed by atoms with E-state index in [1.165, 1.54) is 59.0 Å². The molecule has 9 heteroatoms. The topological polar surface area (TPSA) is 125 Å². The first-order valence-electron chi connectivity index (χ1n) is 11.3. The van der Waals surface area contributed by atoms with Crippen molar-refractivity contribution in [2.75, 3.05) is 28.4 Å². The van der Waals surface area contributed by atoms with Gasteiger partial charge in [-0.15, -0.1) is 0 Å². The molecule has 0 aliphatic heterocycles. The largest absolute Gasteiger partial charge is 0.508 e. The van der Waals surface area contributed by atoms with E-state index < -0.39 is 11.9 Å². The van der Waals surface area contributed by atoms with E-state index in [1.54, 1.807) is 24.3 Å². The van der Waals surface area contributed by atoms with Crippen LogP contribution in [0.5, 0.6) is 28.7 Å². The second kappa shape index (κ2) is 10.5. The van der Waals surface area contributed by atoms with Crippen LogP contribution < -0.4 is 19.6 Å². The highest BCUT2D eigenvalue weighted by Gasteiger charge is 2.29. The van der Waals surface area contributed by atoms with Crippen LogP contribution in [0.4, 0.5) is 0 Å². The molecule has 0 saturated heterocycles. The number of carbonyl (C=O) groups is 1. The monoisotopic (exact) mass is 506 g/mol. The lowest BCUT2D eigenvalue weighted by atomic mass is 9.86. The Morgan fingerprint density at radius 1 is 0.919 bits per heavy atom. The highest BCUT2D eigenvalue weighted by Crippen LogP contribution is 2.45. The molecule has 0 aliphatic rings. The van der Waals surface area contributed by atoms with E-state index in [2.05, 4.69) is 0 Å². The zero-order valence-electron chi connectivity index (χ0n) is 20.7. The van der Waals surface area contributed by atoms with Crippen molar-refractivity contribution in [3.8, 4) is 39.9 Å². The average molecular weight is 507 g/mol. The Balaban J connectivity index is 1.98. The lowest BCUT2D eigenvalue weighted by Gasteiger charge is -2.22. The van der Waals surface area contributed by atoms with Gasteiger partial charge in [0.05, 0.1) is 45.8 Å². The van der Waals surface area contributed by atoms with E-state index in [0.717, 1.165) is 0 Å². The minimum atomic E-state index is -0.799. The van der Waals surface area contributed by atoms with Gasteiger partial charge in [-0.25, -0.2) is 0 Å². The molecule has 2 N–H and O–H groups in total. The summed E-state index contributed by atoms with van der Waals surface area (Å²) in [6, 6.07) is 12.3. The smallest absolute Gasteiger partial charge is 0.306 e. The summed E-state index contributed by atoms with van der Waals surface area (Å²) in [6.07, 6.45) is 1.12. The summed E-state index contributed by atoms with van der Waals surface area (Å²) in [4.78, 5) is 25.9. The highest BCUT2D eigenvalue weighted by molar-refractivity contribution is 5.87. The van der Waals surface area contributed by atoms with E-state index in [1.807, 2.05) is 0 Å². The molecule has 4 aromatic rings. The third kappa shape index (κ3) is 4.75. The van der Waals surface area contributed by atoms with Gasteiger partial charge >= 0.3 is 5.97 Å². The third-order valence-electron chi connectivity index (χ3n) is 6.17. The molecular formula is C28H26O9. The Morgan fingerprint density at radius 3 is 2.14 bits per heavy atom. The fraction of sp³-hybridized carbons (Fsp3) is 0.214. The first kappa shape index (κ1) is 25.4. The fourth-order valence-corrected chi connectivity index (χ4v) is 4.33. The summed E-state index contributed by atoms with van der Waals surface area (Å²) >= 11 is 0. The summed E-state index contributed by atoms with van der Waals surface area (Å²) in [5, 5.41) is 20.8. The molecule has 0 spiro atoms. The van der Waals surface area contributed by atoms with Gasteiger partial charge in [0.1, 0.15) is 23.3 Å². The van der Waals surface area contributed by atoms with Gasteiger partial charge in [-0.2, -0.15) is 0 Å². The second-order valence-electron chi connectivity index (χ2n) is 8.19. The van der Waals surface area contributed by atoms with Crippen LogP contribution in [0.1, 0.15) is 23.5 Å². The van der Waals surface area contributed by atoms with Crippen LogP contribution in [0.25, 0.3) is 22.1 Å². The van der Waals surface area contributed by atoms with Crippen LogP contribution in [0.15, 0.2) is 64.0 Å². The molecule has 1 heterocycles. The van der Waals surface area contributed by atoms with Crippen molar-refractivity contribution < 1.29 is 38.4 Å². The Hall–Kier alpha value is -4.66. The standard InChI is InChI=1S/C28H26O9/c1-33-22-11-16(12-23(34-2)28(22)36-4)19(13-24(31)35-3)25-21(30)10-9-18-26(32)20(14-37-27(18)25)15-5-7-17(29)8-6-15/h5-12,14,19,29-30H,13H2,1-4H3. The number of benzene rings is 3. The van der Waals surface area contributed by atoms with Gasteiger partial charge in [0, 0.05) is 11.5 Å². The van der Waals surface area contributed by atoms with E-state index in [9.17, 15) is 19.8 Å². The highest BCUT2D eigenvalue weighted by atomic mass is 16.5. The molecule has 3 aromatic carbocycles. The molecule has 0 fully saturated rings. The predicted molar refractivity (Wildman–Crippen MR) is 136 cm³/mol. The first-order chi connectivity index (χ1) is 17.8. The first-order valence-corrected chi connectivity index (χ1v) is 11.3. The van der Waals surface area contributed by atoms with E-state index in [0.29, 0.717) is 28.4 Å². The summed E-state index contributed by atoms with van der Waals surface area (Å²) in [5.41, 5.74) is 1.38. The van der Waals surface area contributed by atoms with Gasteiger partial charge in [0.25, 0.3) is 0 Å². The van der Waals surface area contributed by atoms with Gasteiger partial charge in [0.15, 0.2) is 11.5 Å². The molecule has 192 valence electrons. The van der Waals surface area contributed by atoms with Crippen molar-refractivity contribution >= 4 is 16.9 Å². The lowest BCUT2D eigenvalue weighted by molar-refractivity contribution is -0.140. The molecule has 9 nitrogen and oxygen atoms in total. The van der Waals surface area contributed by atoms with E-state index >= 15 is 0 Å². The Kier molecular flexibility index (Phi) is 7.24. The van der Waals surface area contributed by atoms with Gasteiger partial charge in [-0.05, 0) is 47.5 Å². The summed E-state index contributed by atoms with van der Waals surface area (Å²) in [6.45, 7) is 0. The van der Waals surface area contributed by atoms with Crippen LogP contribution in [0.3, 0.4) is 0 Å². The molecule has 37 heavy (non-hydrogen) atoms. The zero-order valence-corrected chi connectivity index (χ0v) is 20.7. The fourth-order valence-electron chi connectivity index (χ4n) is 4.33. The number of aromatic hydroxyl groups is 2. The lowest BCUT2D eigenvalue weighted by Crippen LogP contribution is -2.13. The van der Waals surface area contributed by atoms with Crippen molar-refractivity contribution in [2.24, 2.45) is 0 Å². The predicted octanol–water partition coefficient (Wildman–Crippen LogP) is 4.59. The zero-order chi connectivity index (χ0) is 26.7. The number of phenolic OH excluding ortho intramolecular Hbond substituents is 2. The number of carbonyl (C=O) groups excluding carboxylic acids is 1. The number of rotatable bonds is 8. The van der Waals surface area contributed by atoms with Crippen molar-refractivity contribution in [3.63, 3.8) is 0 Å². The van der Waals surface area contributed by atoms with Crippen molar-refractivity contribution in [3.05, 3.63) is 76.1 Å². The number of hydrogen-bond donors (Lipinski definition) is 2. The van der Waals surface area contributed by atoms with Crippen LogP contribution in [0.2, 0.25) is 0 Å². The number of hydrogen-bond acceptors (Lipinski definition) is 9. The van der Waals surface area contributed by atoms with E-state index in [4.69, 9.17) is 23.4 Å². The molecule has 0 radical (unpaired) electrons. The van der Waals surface area contributed by atoms with Gasteiger partial charge in [0.2, 0.25) is 11.2 Å². The van der Waals surface area contributed by atoms with Crippen LogP contribution in [-0.4, -0.2) is 44.6 Å². The molecule has 0 saturated carbocycles. The number of esters is 1. The minimum Gasteiger partial charge on any atom is -0.508 e. The molecule has 1 unspecified atom stereocenters. The summed E-state index contributed by atoms with van der Waals surface area (Å²) in [5.74, 6) is -0.388. The minimum absolute atomic E-state index is 0.0668. The quantitative estimate of drug-likeness (QED) is 0.330. The van der Waals surface area contributed by atoms with E-state index in [-0.39, 0.29) is 45.4 Å². The molecule has 0 bridgehead atoms. The summed E-state index contributed by atoms with van der Waals surface area (Å²) in [7, 11) is 5.68. The maximum Gasteiger partial charge on any atom is 0.306 e. The summed E-state index contributed by atoms with van der Waals surface area (Å²) < 4.78 is 27.2. The molecule has 1 atom stereocenters. The van der Waals surface area contributed by atoms with Crippen LogP contribution in [-0.2, 0) is 9.53 Å². The molecule has 0 aliphatic carbocycles. The number of phenols is 2. The Labute approximate surface area is 212 Å². The third-order valence-corrected chi connectivity index (χ3v) is 6.17. The number of ether oxygens (including phenoxy) is 4. The number of methoxy groups -OCH3 is 4. The van der Waals surface area contributed by atoms with Crippen molar-refractivity contribution in [1.82, 2.24) is 0 Å². The second-order valence-corrected chi connectivity index (χ2v) is 8.19. The maximum absolute atomic E-state index is 13.4. The van der Waals surface area contributed by atoms with Gasteiger partial charge in [-0.3, -0.25) is 9.59 Å². The molecule has 1 aromatic heterocycles. The Morgan fingerprint density at radius 2 is 1.57 bits per heavy atom. The van der Waals surface area contributed by atoms with Crippen LogP contribution in [0, 0.1) is 0 Å². The molecule has 0 amide bonds. The maximum atomic E-state index is 13.4. The average Bonchev–Trinajstić information content (AvgIpc) is 2.91. The molecule has 4 rings (SSSR count). The number of fused-ring (bicyclic) bond motifs is 1. The van der Waals surface area contributed by atoms with Crippen LogP contribution >= 0.6 is 0 Å². The normalized spacial score (nSPS) is 11.7. The Bertz CT molecular complexity index is 1480. The van der Waals surface area contributed by atoms with Gasteiger partial charge < -0.3 is 33.6 Å². The SMILES string of the molecule is COC(=O)CC(c1cc(OC)c(OC)c(OC)c1)c1c(O)ccc2c(=O)c(-c3ccc(O)cc3)coc12. The van der Waals surface area contributed by atoms with Gasteiger partial charge in [-0.1, -0.05) is 12.1 Å².